The van der Waals surface area contributed by atoms with Crippen LogP contribution in [0, 0.1) is 16.2 Å². The molecule has 3 aromatic carbocycles. The van der Waals surface area contributed by atoms with E-state index in [-0.39, 0.29) is 110 Å². The number of hydrogen-bond acceptors (Lipinski definition) is 11. The van der Waals surface area contributed by atoms with Crippen molar-refractivity contribution >= 4 is 33.8 Å². The summed E-state index contributed by atoms with van der Waals surface area (Å²) in [5, 5.41) is 17.5. The Bertz CT molecular complexity index is 1900. The van der Waals surface area contributed by atoms with E-state index in [0.717, 1.165) is 36.5 Å². The number of carbonyl (C=O) groups is 3. The summed E-state index contributed by atoms with van der Waals surface area (Å²) in [6.07, 6.45) is 3.35. The van der Waals surface area contributed by atoms with E-state index in [1.54, 1.807) is 13.8 Å². The number of esters is 2. The Hall–Kier alpha value is -4.17. The lowest BCUT2D eigenvalue weighted by Crippen LogP contribution is -2.24. The fraction of sp³-hybridized carbons (Fsp3) is 0.672. The molecule has 0 heterocycles. The van der Waals surface area contributed by atoms with Crippen LogP contribution in [0.15, 0.2) is 72.8 Å². The lowest BCUT2D eigenvalue weighted by molar-refractivity contribution is -0.148. The van der Waals surface area contributed by atoms with Crippen molar-refractivity contribution < 1.29 is 57.8 Å². The molecule has 12 nitrogen and oxygen atoms in total. The van der Waals surface area contributed by atoms with Gasteiger partial charge in [0.1, 0.15) is 55.6 Å². The van der Waals surface area contributed by atoms with Gasteiger partial charge in [-0.3, -0.25) is 4.79 Å². The smallest absolute Gasteiger partial charge is 0.332 e. The van der Waals surface area contributed by atoms with Crippen LogP contribution in [0.5, 0.6) is 17.2 Å². The Balaban J connectivity index is -0.000000174. The number of aliphatic hydroxyl groups excluding tert-OH is 1. The van der Waals surface area contributed by atoms with Gasteiger partial charge in [-0.25, -0.2) is 9.59 Å². The predicted molar refractivity (Wildman–Crippen MR) is 331 cm³/mol. The highest BCUT2D eigenvalue weighted by atomic mass is 79.9. The molecule has 0 amide bonds. The van der Waals surface area contributed by atoms with Crippen molar-refractivity contribution in [1.29, 1.82) is 0 Å². The second kappa shape index (κ2) is 42.7. The Labute approximate surface area is 481 Å². The number of ether oxygens (including phenoxy) is 7. The maximum Gasteiger partial charge on any atom is 0.332 e. The monoisotopic (exact) mass is 1160 g/mol. The van der Waals surface area contributed by atoms with Crippen LogP contribution >= 0.6 is 15.9 Å². The van der Waals surface area contributed by atoms with E-state index in [9.17, 15) is 14.4 Å². The Morgan fingerprint density at radius 2 is 0.701 bits per heavy atom. The lowest BCUT2D eigenvalue weighted by atomic mass is 9.72. The second-order valence-electron chi connectivity index (χ2n) is 22.9. The summed E-state index contributed by atoms with van der Waals surface area (Å²) < 4.78 is 36.0. The normalized spacial score (nSPS) is 10.9. The Kier molecular flexibility index (Phi) is 48.1. The minimum absolute atomic E-state index is 0. The van der Waals surface area contributed by atoms with Gasteiger partial charge in [0, 0.05) is 0 Å². The maximum atomic E-state index is 11.1. The SMILES string of the molecule is C.C.C.C.C.C.CC(C)(C)CC(C)(C)c1ccc(OCCO)cc1.CC(C)(C)CC(C)(C)c1ccc(OCCOCC(=O)O)cc1.CCOC(=O)CBr.CCOC(=O)COCCOc1ccc(C(C)(C)CC(C)(C)C)cc1. The summed E-state index contributed by atoms with van der Waals surface area (Å²) in [6, 6.07) is 24.5. The molecule has 13 heteroatoms. The molecule has 3 aromatic rings. The van der Waals surface area contributed by atoms with Gasteiger partial charge in [0.05, 0.1) is 33.0 Å². The lowest BCUT2D eigenvalue weighted by Gasteiger charge is -2.33. The summed E-state index contributed by atoms with van der Waals surface area (Å²) in [7, 11) is 0. The Morgan fingerprint density at radius 3 is 0.935 bits per heavy atom. The molecule has 0 atom stereocenters. The van der Waals surface area contributed by atoms with Gasteiger partial charge < -0.3 is 43.4 Å². The van der Waals surface area contributed by atoms with Crippen molar-refractivity contribution in [2.75, 3.05) is 71.4 Å². The summed E-state index contributed by atoms with van der Waals surface area (Å²) in [4.78, 5) is 31.6. The van der Waals surface area contributed by atoms with Crippen molar-refractivity contribution in [1.82, 2.24) is 0 Å². The van der Waals surface area contributed by atoms with Crippen LogP contribution in [0.1, 0.15) is 198 Å². The van der Waals surface area contributed by atoms with Gasteiger partial charge in [0.15, 0.2) is 0 Å². The molecule has 0 aliphatic heterocycles. The number of carboxylic acid groups (broad SMARTS) is 1. The molecule has 0 aliphatic carbocycles. The number of carboxylic acids is 1. The fourth-order valence-corrected chi connectivity index (χ4v) is 8.77. The molecule has 0 aliphatic rings. The molecular weight excluding hydrogens is 1040 g/mol. The van der Waals surface area contributed by atoms with Crippen molar-refractivity contribution in [3.8, 4) is 17.2 Å². The van der Waals surface area contributed by atoms with Gasteiger partial charge >= 0.3 is 17.9 Å². The zero-order valence-corrected chi connectivity index (χ0v) is 48.3. The number of alkyl halides is 1. The van der Waals surface area contributed by atoms with E-state index < -0.39 is 5.97 Å². The minimum Gasteiger partial charge on any atom is -0.491 e. The molecule has 0 radical (unpaired) electrons. The molecule has 452 valence electrons. The third-order valence-electron chi connectivity index (χ3n) is 10.3. The number of benzene rings is 3. The first-order valence-electron chi connectivity index (χ1n) is 24.8. The number of aliphatic carboxylic acids is 1. The van der Waals surface area contributed by atoms with Crippen molar-refractivity contribution in [2.24, 2.45) is 16.2 Å². The van der Waals surface area contributed by atoms with E-state index in [1.807, 2.05) is 36.4 Å². The highest BCUT2D eigenvalue weighted by molar-refractivity contribution is 9.09. The van der Waals surface area contributed by atoms with E-state index in [2.05, 4.69) is 161 Å². The average Bonchev–Trinajstić information content (AvgIpc) is 3.24. The third-order valence-corrected chi connectivity index (χ3v) is 10.8. The summed E-state index contributed by atoms with van der Waals surface area (Å²) in [6.45, 7) is 39.8. The van der Waals surface area contributed by atoms with Crippen LogP contribution in [0.4, 0.5) is 0 Å². The van der Waals surface area contributed by atoms with Gasteiger partial charge in [0.25, 0.3) is 0 Å². The standard InChI is InChI=1S/C20H32O4.C18H28O4.C16H26O2.C4H7BrO2.6CH4/c1-7-23-18(21)14-22-12-13-24-17-10-8-16(9-11-17)20(5,6)15-19(2,3)4;1-17(2,3)13-18(4,5)14-6-8-15(9-7-14)22-11-10-21-12-16(19)20;1-15(2,3)12-16(4,5)13-6-8-14(9-7-13)18-11-10-17;1-2-7-4(6)3-5;;;;;;/h8-11H,7,12-15H2,1-6H3;6-9H,10-13H2,1-5H3,(H,19,20);6-9,17H,10-12H2,1-5H3;2-3H2,1H3;6*1H4. The van der Waals surface area contributed by atoms with E-state index >= 15 is 0 Å². The zero-order chi connectivity index (χ0) is 54.5. The topological polar surface area (TPSA) is 156 Å². The summed E-state index contributed by atoms with van der Waals surface area (Å²) >= 11 is 2.94. The molecule has 0 spiro atoms. The fourth-order valence-electron chi connectivity index (χ4n) is 8.61. The molecule has 0 fully saturated rings. The highest BCUT2D eigenvalue weighted by Crippen LogP contribution is 2.39. The molecule has 0 saturated carbocycles. The maximum absolute atomic E-state index is 11.1. The van der Waals surface area contributed by atoms with E-state index in [4.69, 9.17) is 38.6 Å². The summed E-state index contributed by atoms with van der Waals surface area (Å²) in [5.41, 5.74) is 5.20. The molecule has 2 N–H and O–H groups in total. The quantitative estimate of drug-likeness (QED) is 0.0498. The van der Waals surface area contributed by atoms with Gasteiger partial charge in [-0.05, 0) is 119 Å². The number of rotatable bonds is 24. The molecule has 77 heavy (non-hydrogen) atoms. The van der Waals surface area contributed by atoms with E-state index in [1.165, 1.54) is 16.7 Å². The van der Waals surface area contributed by atoms with Gasteiger partial charge in [-0.15, -0.1) is 0 Å². The zero-order valence-electron chi connectivity index (χ0n) is 46.7. The van der Waals surface area contributed by atoms with Gasteiger partial charge in [-0.2, -0.15) is 0 Å². The van der Waals surface area contributed by atoms with Crippen LogP contribution in [-0.2, 0) is 49.6 Å². The molecule has 0 aromatic heterocycles. The van der Waals surface area contributed by atoms with Gasteiger partial charge in [0.2, 0.25) is 0 Å². The summed E-state index contributed by atoms with van der Waals surface area (Å²) in [5.74, 6) is 0.884. The predicted octanol–water partition coefficient (Wildman–Crippen LogP) is 16.8. The van der Waals surface area contributed by atoms with Crippen LogP contribution < -0.4 is 14.2 Å². The Morgan fingerprint density at radius 1 is 0.429 bits per heavy atom. The highest BCUT2D eigenvalue weighted by Gasteiger charge is 2.29. The van der Waals surface area contributed by atoms with Crippen molar-refractivity contribution in [2.45, 2.75) is 198 Å². The largest absolute Gasteiger partial charge is 0.491 e. The van der Waals surface area contributed by atoms with Crippen molar-refractivity contribution in [3.63, 3.8) is 0 Å². The van der Waals surface area contributed by atoms with Crippen LogP contribution in [0.25, 0.3) is 0 Å². The number of halogens is 1. The van der Waals surface area contributed by atoms with E-state index in [0.29, 0.717) is 50.4 Å². The molecular formula is C64H117BrO12. The molecule has 0 saturated heterocycles. The third kappa shape index (κ3) is 43.4. The molecule has 0 unspecified atom stereocenters. The van der Waals surface area contributed by atoms with Crippen LogP contribution in [0.3, 0.4) is 0 Å². The minimum atomic E-state index is -0.967. The van der Waals surface area contributed by atoms with Crippen LogP contribution in [-0.4, -0.2) is 99.5 Å². The first-order valence-corrected chi connectivity index (χ1v) is 26.0. The average molecular weight is 1160 g/mol. The first-order chi connectivity index (χ1) is 32.8. The van der Waals surface area contributed by atoms with Crippen molar-refractivity contribution in [3.05, 3.63) is 89.5 Å². The molecule has 0 bridgehead atoms. The number of hydrogen-bond donors (Lipinski definition) is 2. The number of aliphatic hydroxyl groups is 1. The van der Waals surface area contributed by atoms with Gasteiger partial charge in [-0.1, -0.05) is 201 Å². The second-order valence-corrected chi connectivity index (χ2v) is 23.5. The molecule has 3 rings (SSSR count). The number of carbonyl (C=O) groups excluding carboxylic acids is 2. The first kappa shape index (κ1) is 86.7. The van der Waals surface area contributed by atoms with Crippen LogP contribution in [0.2, 0.25) is 0 Å².